The minimum atomic E-state index is 0.247. The van der Waals surface area contributed by atoms with Crippen LogP contribution in [-0.2, 0) is 13.1 Å². The van der Waals surface area contributed by atoms with E-state index in [4.69, 9.17) is 23.2 Å². The molecule has 0 unspecified atom stereocenters. The van der Waals surface area contributed by atoms with Gasteiger partial charge in [0, 0.05) is 51.4 Å². The zero-order valence-corrected chi connectivity index (χ0v) is 22.2. The Morgan fingerprint density at radius 2 is 1.05 bits per heavy atom. The summed E-state index contributed by atoms with van der Waals surface area (Å²) in [7, 11) is 0. The van der Waals surface area contributed by atoms with E-state index in [-0.39, 0.29) is 11.5 Å². The molecule has 0 bridgehead atoms. The number of halogens is 2. The Labute approximate surface area is 228 Å². The van der Waals surface area contributed by atoms with Gasteiger partial charge in [-0.1, -0.05) is 103 Å². The quantitative estimate of drug-likeness (QED) is 0.250. The van der Waals surface area contributed by atoms with Gasteiger partial charge in [-0.2, -0.15) is 0 Å². The molecule has 0 heterocycles. The Kier molecular flexibility index (Phi) is 8.05. The molecule has 3 nitrogen and oxygen atoms in total. The van der Waals surface area contributed by atoms with Crippen LogP contribution >= 0.6 is 23.2 Å². The van der Waals surface area contributed by atoms with E-state index in [0.717, 1.165) is 46.2 Å². The molecular weight excluding hydrogens is 501 g/mol. The predicted molar refractivity (Wildman–Crippen MR) is 153 cm³/mol. The van der Waals surface area contributed by atoms with Crippen molar-refractivity contribution in [3.05, 3.63) is 106 Å². The van der Waals surface area contributed by atoms with Gasteiger partial charge in [-0.05, 0) is 48.2 Å². The lowest BCUT2D eigenvalue weighted by molar-refractivity contribution is 0.137. The van der Waals surface area contributed by atoms with Crippen LogP contribution in [0.4, 0.5) is 0 Å². The Morgan fingerprint density at radius 1 is 0.622 bits per heavy atom. The summed E-state index contributed by atoms with van der Waals surface area (Å²) in [4.78, 5) is 2.36. The first-order valence-corrected chi connectivity index (χ1v) is 13.6. The van der Waals surface area contributed by atoms with Crippen LogP contribution in [0.25, 0.3) is 22.3 Å². The highest BCUT2D eigenvalue weighted by molar-refractivity contribution is 6.31. The number of benzene rings is 4. The van der Waals surface area contributed by atoms with Crippen molar-refractivity contribution in [3.8, 4) is 33.8 Å². The highest BCUT2D eigenvalue weighted by Crippen LogP contribution is 2.39. The van der Waals surface area contributed by atoms with Crippen LogP contribution in [0.5, 0.6) is 11.5 Å². The lowest BCUT2D eigenvalue weighted by Crippen LogP contribution is -2.36. The summed E-state index contributed by atoms with van der Waals surface area (Å²) in [6.07, 6.45) is 5.76. The normalized spacial score (nSPS) is 14.2. The Morgan fingerprint density at radius 3 is 1.49 bits per heavy atom. The molecule has 2 N–H and O–H groups in total. The van der Waals surface area contributed by atoms with Gasteiger partial charge in [0.1, 0.15) is 11.5 Å². The van der Waals surface area contributed by atoms with Crippen molar-refractivity contribution >= 4 is 23.2 Å². The third-order valence-corrected chi connectivity index (χ3v) is 7.75. The average Bonchev–Trinajstić information content (AvgIpc) is 2.93. The number of phenolic OH excluding ortho intramolecular Hbond substituents is 2. The third-order valence-electron chi connectivity index (χ3n) is 7.31. The maximum atomic E-state index is 11.3. The van der Waals surface area contributed by atoms with Gasteiger partial charge < -0.3 is 10.2 Å². The van der Waals surface area contributed by atoms with Crippen molar-refractivity contribution < 1.29 is 10.2 Å². The van der Waals surface area contributed by atoms with Gasteiger partial charge in [0.05, 0.1) is 0 Å². The van der Waals surface area contributed by atoms with E-state index >= 15 is 0 Å². The largest absolute Gasteiger partial charge is 0.507 e. The Bertz CT molecular complexity index is 1260. The molecule has 1 aliphatic rings. The first-order valence-electron chi connectivity index (χ1n) is 12.9. The first kappa shape index (κ1) is 25.7. The summed E-state index contributed by atoms with van der Waals surface area (Å²) in [5.41, 5.74) is 4.86. The molecule has 4 aromatic rings. The van der Waals surface area contributed by atoms with E-state index in [9.17, 15) is 10.2 Å². The number of aromatic hydroxyl groups is 2. The number of phenols is 2. The minimum absolute atomic E-state index is 0.247. The molecule has 0 atom stereocenters. The topological polar surface area (TPSA) is 43.7 Å². The molecule has 0 spiro atoms. The summed E-state index contributed by atoms with van der Waals surface area (Å²) in [6, 6.07) is 27.3. The second-order valence-electron chi connectivity index (χ2n) is 9.85. The molecule has 190 valence electrons. The van der Waals surface area contributed by atoms with Crippen LogP contribution in [-0.4, -0.2) is 21.2 Å². The summed E-state index contributed by atoms with van der Waals surface area (Å²) in [5, 5.41) is 23.8. The molecule has 0 amide bonds. The summed E-state index contributed by atoms with van der Waals surface area (Å²) in [5.74, 6) is 0.494. The monoisotopic (exact) mass is 531 g/mol. The molecule has 0 radical (unpaired) electrons. The molecule has 5 rings (SSSR count). The Balaban J connectivity index is 1.51. The van der Waals surface area contributed by atoms with Crippen molar-refractivity contribution in [2.45, 2.75) is 51.2 Å². The number of hydrogen-bond donors (Lipinski definition) is 2. The van der Waals surface area contributed by atoms with Crippen molar-refractivity contribution in [2.75, 3.05) is 0 Å². The Hall–Kier alpha value is -2.98. The van der Waals surface area contributed by atoms with Gasteiger partial charge >= 0.3 is 0 Å². The zero-order chi connectivity index (χ0) is 25.8. The molecule has 0 aliphatic heterocycles. The van der Waals surface area contributed by atoms with Crippen LogP contribution in [0.1, 0.15) is 43.2 Å². The van der Waals surface area contributed by atoms with Crippen molar-refractivity contribution in [1.29, 1.82) is 0 Å². The lowest BCUT2D eigenvalue weighted by atomic mass is 9.92. The maximum absolute atomic E-state index is 11.3. The lowest BCUT2D eigenvalue weighted by Gasteiger charge is -2.35. The van der Waals surface area contributed by atoms with Gasteiger partial charge in [0.2, 0.25) is 0 Å². The molecule has 1 saturated carbocycles. The number of nitrogens with zero attached hydrogens (tertiary/aromatic N) is 1. The summed E-state index contributed by atoms with van der Waals surface area (Å²) >= 11 is 13.1. The second kappa shape index (κ2) is 11.6. The zero-order valence-electron chi connectivity index (χ0n) is 20.7. The van der Waals surface area contributed by atoms with Gasteiger partial charge in [-0.25, -0.2) is 0 Å². The van der Waals surface area contributed by atoms with Crippen molar-refractivity contribution in [3.63, 3.8) is 0 Å². The molecular formula is C32H31Cl2NO2. The molecule has 1 aliphatic carbocycles. The summed E-state index contributed by atoms with van der Waals surface area (Å²) in [6.45, 7) is 1.03. The van der Waals surface area contributed by atoms with E-state index in [1.165, 1.54) is 19.3 Å². The molecule has 0 saturated heterocycles. The number of hydrogen-bond acceptors (Lipinski definition) is 3. The van der Waals surface area contributed by atoms with Gasteiger partial charge in [-0.3, -0.25) is 4.90 Å². The highest BCUT2D eigenvalue weighted by atomic mass is 35.5. The fourth-order valence-electron chi connectivity index (χ4n) is 5.43. The van der Waals surface area contributed by atoms with Crippen molar-refractivity contribution in [1.82, 2.24) is 4.90 Å². The molecule has 5 heteroatoms. The minimum Gasteiger partial charge on any atom is -0.507 e. The van der Waals surface area contributed by atoms with E-state index in [0.29, 0.717) is 29.2 Å². The van der Waals surface area contributed by atoms with Crippen LogP contribution in [0.2, 0.25) is 10.0 Å². The van der Waals surface area contributed by atoms with Crippen LogP contribution in [0, 0.1) is 0 Å². The van der Waals surface area contributed by atoms with Crippen LogP contribution in [0.15, 0.2) is 84.9 Å². The van der Waals surface area contributed by atoms with E-state index in [2.05, 4.69) is 4.90 Å². The number of rotatable bonds is 7. The molecule has 37 heavy (non-hydrogen) atoms. The molecule has 0 aromatic heterocycles. The predicted octanol–water partition coefficient (Wildman–Crippen LogP) is 9.07. The average molecular weight is 533 g/mol. The van der Waals surface area contributed by atoms with E-state index in [1.807, 2.05) is 84.9 Å². The van der Waals surface area contributed by atoms with Gasteiger partial charge in [0.25, 0.3) is 0 Å². The highest BCUT2D eigenvalue weighted by Gasteiger charge is 2.25. The van der Waals surface area contributed by atoms with E-state index < -0.39 is 0 Å². The van der Waals surface area contributed by atoms with Gasteiger partial charge in [-0.15, -0.1) is 0 Å². The maximum Gasteiger partial charge on any atom is 0.127 e. The van der Waals surface area contributed by atoms with Crippen LogP contribution < -0.4 is 0 Å². The fourth-order valence-corrected chi connectivity index (χ4v) is 5.91. The SMILES string of the molecule is Oc1c(CN(Cc2cc(Cl)cc(-c3ccccc3)c2O)C2CCCCC2)cc(Cl)cc1-c1ccccc1. The first-order chi connectivity index (χ1) is 18.0. The van der Waals surface area contributed by atoms with Gasteiger partial charge in [0.15, 0.2) is 0 Å². The molecule has 4 aromatic carbocycles. The van der Waals surface area contributed by atoms with Crippen LogP contribution in [0.3, 0.4) is 0 Å². The van der Waals surface area contributed by atoms with Crippen molar-refractivity contribution in [2.24, 2.45) is 0 Å². The second-order valence-corrected chi connectivity index (χ2v) is 10.7. The smallest absolute Gasteiger partial charge is 0.127 e. The molecule has 1 fully saturated rings. The van der Waals surface area contributed by atoms with E-state index in [1.54, 1.807) is 0 Å². The standard InChI is InChI=1S/C32H31Cl2NO2/c33-26-16-24(31(36)29(18-26)22-10-4-1-5-11-22)20-35(28-14-8-3-9-15-28)21-25-17-27(34)19-30(32(25)37)23-12-6-2-7-13-23/h1-2,4-7,10-13,16-19,28,36-37H,3,8-9,14-15,20-21H2. The third kappa shape index (κ3) is 5.96. The summed E-state index contributed by atoms with van der Waals surface area (Å²) < 4.78 is 0. The fraction of sp³-hybridized carbons (Fsp3) is 0.250.